The fourth-order valence-electron chi connectivity index (χ4n) is 3.98. The fraction of sp³-hybridized carbons (Fsp3) is 0.364. The van der Waals surface area contributed by atoms with Crippen molar-refractivity contribution in [2.75, 3.05) is 11.5 Å². The maximum Gasteiger partial charge on any atom is 0.266 e. The molecule has 5 nitrogen and oxygen atoms in total. The molecular weight excluding hydrogens is 340 g/mol. The quantitative estimate of drug-likeness (QED) is 0.902. The Labute approximate surface area is 159 Å². The maximum atomic E-state index is 13.3. The molecule has 1 aliphatic heterocycles. The van der Waals surface area contributed by atoms with Gasteiger partial charge in [0, 0.05) is 6.04 Å². The Kier molecular flexibility index (Phi) is 5.10. The molecule has 2 amide bonds. The molecule has 1 heterocycles. The van der Waals surface area contributed by atoms with Crippen molar-refractivity contribution in [3.8, 4) is 5.75 Å². The van der Waals surface area contributed by atoms with Gasteiger partial charge in [0.25, 0.3) is 5.91 Å². The van der Waals surface area contributed by atoms with Gasteiger partial charge in [-0.25, -0.2) is 0 Å². The van der Waals surface area contributed by atoms with Crippen molar-refractivity contribution in [3.05, 3.63) is 60.2 Å². The van der Waals surface area contributed by atoms with Crippen LogP contribution < -0.4 is 15.0 Å². The van der Waals surface area contributed by atoms with Gasteiger partial charge in [0.1, 0.15) is 11.8 Å². The van der Waals surface area contributed by atoms with Crippen molar-refractivity contribution in [2.45, 2.75) is 44.2 Å². The van der Waals surface area contributed by atoms with Crippen LogP contribution >= 0.6 is 0 Å². The molecule has 2 aromatic rings. The molecule has 2 aliphatic rings. The van der Waals surface area contributed by atoms with Crippen molar-refractivity contribution in [2.24, 2.45) is 0 Å². The van der Waals surface area contributed by atoms with Crippen LogP contribution in [-0.2, 0) is 9.59 Å². The van der Waals surface area contributed by atoms with E-state index in [9.17, 15) is 9.59 Å². The third-order valence-corrected chi connectivity index (χ3v) is 5.32. The molecule has 1 unspecified atom stereocenters. The number of rotatable bonds is 4. The minimum absolute atomic E-state index is 0.0585. The molecule has 1 saturated carbocycles. The minimum Gasteiger partial charge on any atom is -0.482 e. The van der Waals surface area contributed by atoms with Crippen LogP contribution in [0.2, 0.25) is 0 Å². The monoisotopic (exact) mass is 364 g/mol. The van der Waals surface area contributed by atoms with Gasteiger partial charge in [-0.1, -0.05) is 61.7 Å². The zero-order valence-corrected chi connectivity index (χ0v) is 15.3. The van der Waals surface area contributed by atoms with Crippen molar-refractivity contribution in [1.29, 1.82) is 0 Å². The van der Waals surface area contributed by atoms with Gasteiger partial charge in [-0.05, 0) is 30.5 Å². The first kappa shape index (κ1) is 17.6. The molecule has 1 N–H and O–H groups in total. The number of amides is 2. The molecule has 4 rings (SSSR count). The van der Waals surface area contributed by atoms with E-state index in [1.807, 2.05) is 54.6 Å². The second-order valence-electron chi connectivity index (χ2n) is 7.18. The zero-order chi connectivity index (χ0) is 18.6. The zero-order valence-electron chi connectivity index (χ0n) is 15.3. The highest BCUT2D eigenvalue weighted by atomic mass is 16.5. The first-order valence-corrected chi connectivity index (χ1v) is 9.63. The van der Waals surface area contributed by atoms with Crippen LogP contribution in [0.4, 0.5) is 5.69 Å². The van der Waals surface area contributed by atoms with Gasteiger partial charge >= 0.3 is 0 Å². The van der Waals surface area contributed by atoms with Crippen LogP contribution in [0.5, 0.6) is 5.75 Å². The van der Waals surface area contributed by atoms with Crippen LogP contribution in [0.3, 0.4) is 0 Å². The Balaban J connectivity index is 1.70. The Bertz CT molecular complexity index is 815. The summed E-state index contributed by atoms with van der Waals surface area (Å²) in [5.41, 5.74) is 1.44. The summed E-state index contributed by atoms with van der Waals surface area (Å²) in [5.74, 6) is 0.294. The predicted octanol–water partition coefficient (Wildman–Crippen LogP) is 3.60. The lowest BCUT2D eigenvalue weighted by molar-refractivity contribution is -0.128. The molecule has 0 aromatic heterocycles. The molecule has 0 saturated heterocycles. The lowest BCUT2D eigenvalue weighted by atomic mass is 9.94. The van der Waals surface area contributed by atoms with Crippen LogP contribution in [0.1, 0.15) is 43.7 Å². The van der Waals surface area contributed by atoms with Gasteiger partial charge in [0.2, 0.25) is 5.91 Å². The van der Waals surface area contributed by atoms with Gasteiger partial charge in [-0.2, -0.15) is 0 Å². The highest BCUT2D eigenvalue weighted by molar-refractivity contribution is 6.04. The lowest BCUT2D eigenvalue weighted by Gasteiger charge is -2.36. The molecule has 0 radical (unpaired) electrons. The first-order chi connectivity index (χ1) is 13.2. The second-order valence-corrected chi connectivity index (χ2v) is 7.18. The van der Waals surface area contributed by atoms with Gasteiger partial charge in [0.15, 0.2) is 6.61 Å². The molecule has 5 heteroatoms. The van der Waals surface area contributed by atoms with E-state index in [0.717, 1.165) is 31.2 Å². The van der Waals surface area contributed by atoms with Crippen molar-refractivity contribution >= 4 is 17.5 Å². The summed E-state index contributed by atoms with van der Waals surface area (Å²) in [5, 5.41) is 3.19. The number of nitrogens with zero attached hydrogens (tertiary/aromatic N) is 1. The molecular formula is C22H24N2O3. The highest BCUT2D eigenvalue weighted by Crippen LogP contribution is 2.37. The molecule has 0 bridgehead atoms. The Morgan fingerprint density at radius 1 is 1.00 bits per heavy atom. The number of ether oxygens (including phenoxy) is 1. The number of fused-ring (bicyclic) bond motifs is 1. The van der Waals surface area contributed by atoms with E-state index in [4.69, 9.17) is 4.74 Å². The minimum atomic E-state index is -0.703. The third-order valence-electron chi connectivity index (χ3n) is 5.32. The summed E-state index contributed by atoms with van der Waals surface area (Å²) < 4.78 is 5.56. The Hall–Kier alpha value is -2.82. The van der Waals surface area contributed by atoms with E-state index in [2.05, 4.69) is 5.32 Å². The lowest BCUT2D eigenvalue weighted by Crippen LogP contribution is -2.49. The molecule has 1 aliphatic carbocycles. The summed E-state index contributed by atoms with van der Waals surface area (Å²) in [6.45, 7) is -0.0585. The molecule has 140 valence electrons. The Morgan fingerprint density at radius 2 is 1.70 bits per heavy atom. The first-order valence-electron chi connectivity index (χ1n) is 9.63. The van der Waals surface area contributed by atoms with E-state index in [1.165, 1.54) is 6.42 Å². The van der Waals surface area contributed by atoms with Crippen molar-refractivity contribution in [1.82, 2.24) is 5.32 Å². The highest BCUT2D eigenvalue weighted by Gasteiger charge is 2.37. The molecule has 2 aromatic carbocycles. The summed E-state index contributed by atoms with van der Waals surface area (Å²) in [6, 6.07) is 16.4. The largest absolute Gasteiger partial charge is 0.482 e. The maximum absolute atomic E-state index is 13.3. The van der Waals surface area contributed by atoms with Crippen LogP contribution in [0.25, 0.3) is 0 Å². The number of hydrogen-bond donors (Lipinski definition) is 1. The van der Waals surface area contributed by atoms with Gasteiger partial charge < -0.3 is 10.1 Å². The van der Waals surface area contributed by atoms with Crippen LogP contribution in [0, 0.1) is 0 Å². The van der Waals surface area contributed by atoms with E-state index >= 15 is 0 Å². The average molecular weight is 364 g/mol. The fourth-order valence-corrected chi connectivity index (χ4v) is 3.98. The molecule has 1 fully saturated rings. The number of nitrogens with one attached hydrogen (secondary N) is 1. The van der Waals surface area contributed by atoms with Crippen molar-refractivity contribution < 1.29 is 14.3 Å². The number of hydrogen-bond acceptors (Lipinski definition) is 3. The van der Waals surface area contributed by atoms with Gasteiger partial charge in [-0.15, -0.1) is 0 Å². The van der Waals surface area contributed by atoms with Crippen molar-refractivity contribution in [3.63, 3.8) is 0 Å². The summed E-state index contributed by atoms with van der Waals surface area (Å²) in [7, 11) is 0. The number of benzene rings is 2. The van der Waals surface area contributed by atoms with E-state index in [-0.39, 0.29) is 24.5 Å². The van der Waals surface area contributed by atoms with Gasteiger partial charge in [-0.3, -0.25) is 14.5 Å². The summed E-state index contributed by atoms with van der Waals surface area (Å²) >= 11 is 0. The predicted molar refractivity (Wildman–Crippen MR) is 104 cm³/mol. The topological polar surface area (TPSA) is 58.6 Å². The van der Waals surface area contributed by atoms with Gasteiger partial charge in [0.05, 0.1) is 5.69 Å². The Morgan fingerprint density at radius 3 is 2.48 bits per heavy atom. The third kappa shape index (κ3) is 3.68. The van der Waals surface area contributed by atoms with E-state index in [0.29, 0.717) is 11.4 Å². The van der Waals surface area contributed by atoms with Crippen LogP contribution in [-0.4, -0.2) is 24.5 Å². The SMILES string of the molecule is O=C(NC1CCCCC1)C(c1ccccc1)N1C(=O)COc2ccccc21. The normalized spacial score (nSPS) is 18.4. The van der Waals surface area contributed by atoms with E-state index in [1.54, 1.807) is 4.90 Å². The summed E-state index contributed by atoms with van der Waals surface area (Å²) in [4.78, 5) is 27.7. The standard InChI is InChI=1S/C22H24N2O3/c25-20-15-27-19-14-8-7-13-18(19)24(20)21(16-9-3-1-4-10-16)22(26)23-17-11-5-2-6-12-17/h1,3-4,7-10,13-14,17,21H,2,5-6,11-12,15H2,(H,23,26). The number of para-hydroxylation sites is 2. The smallest absolute Gasteiger partial charge is 0.266 e. The average Bonchev–Trinajstić information content (AvgIpc) is 2.71. The van der Waals surface area contributed by atoms with E-state index < -0.39 is 6.04 Å². The number of anilines is 1. The van der Waals surface area contributed by atoms with Crippen LogP contribution in [0.15, 0.2) is 54.6 Å². The number of carbonyl (C=O) groups excluding carboxylic acids is 2. The second kappa shape index (κ2) is 7.82. The summed E-state index contributed by atoms with van der Waals surface area (Å²) in [6.07, 6.45) is 5.51. The number of carbonyl (C=O) groups is 2. The molecule has 1 atom stereocenters. The molecule has 0 spiro atoms. The molecule has 27 heavy (non-hydrogen) atoms.